The second-order valence-electron chi connectivity index (χ2n) is 6.30. The number of ether oxygens (including phenoxy) is 2. The molecular formula is C19H18FNO4. The second kappa shape index (κ2) is 6.55. The van der Waals surface area contributed by atoms with E-state index in [0.717, 1.165) is 0 Å². The fourth-order valence-corrected chi connectivity index (χ4v) is 3.35. The Kier molecular flexibility index (Phi) is 4.25. The number of halogens is 1. The molecule has 0 spiro atoms. The predicted octanol–water partition coefficient (Wildman–Crippen LogP) is 1.75. The van der Waals surface area contributed by atoms with Crippen molar-refractivity contribution in [2.45, 2.75) is 24.4 Å². The molecule has 4 atom stereocenters. The Morgan fingerprint density at radius 3 is 2.52 bits per heavy atom. The summed E-state index contributed by atoms with van der Waals surface area (Å²) in [6, 6.07) is 13.0. The van der Waals surface area contributed by atoms with Gasteiger partial charge in [-0.1, -0.05) is 30.3 Å². The van der Waals surface area contributed by atoms with Gasteiger partial charge in [0.25, 0.3) is 5.91 Å². The van der Waals surface area contributed by atoms with E-state index in [0.29, 0.717) is 23.3 Å². The van der Waals surface area contributed by atoms with Crippen LogP contribution in [0, 0.1) is 5.82 Å². The normalized spacial score (nSPS) is 27.9. The maximum atomic E-state index is 13.8. The SMILES string of the molecule is O=C(N[C@@H]1CO[C@H]2[C@@H]1OC[C@H]2O)c1ccc(-c2ccccc2F)cc1. The highest BCUT2D eigenvalue weighted by Crippen LogP contribution is 2.27. The highest BCUT2D eigenvalue weighted by molar-refractivity contribution is 5.95. The van der Waals surface area contributed by atoms with E-state index in [9.17, 15) is 14.3 Å². The van der Waals surface area contributed by atoms with Gasteiger partial charge in [0.05, 0.1) is 19.3 Å². The van der Waals surface area contributed by atoms with Crippen LogP contribution in [0.25, 0.3) is 11.1 Å². The first-order valence-corrected chi connectivity index (χ1v) is 8.20. The lowest BCUT2D eigenvalue weighted by molar-refractivity contribution is 0.0178. The third-order valence-electron chi connectivity index (χ3n) is 4.68. The van der Waals surface area contributed by atoms with Crippen LogP contribution >= 0.6 is 0 Å². The van der Waals surface area contributed by atoms with Crippen LogP contribution in [0.1, 0.15) is 10.4 Å². The van der Waals surface area contributed by atoms with Gasteiger partial charge in [0, 0.05) is 11.1 Å². The molecule has 2 N–H and O–H groups in total. The Morgan fingerprint density at radius 1 is 1.04 bits per heavy atom. The number of carbonyl (C=O) groups excluding carboxylic acids is 1. The zero-order valence-corrected chi connectivity index (χ0v) is 13.4. The Morgan fingerprint density at radius 2 is 1.76 bits per heavy atom. The number of carbonyl (C=O) groups is 1. The van der Waals surface area contributed by atoms with Crippen LogP contribution in [0.5, 0.6) is 0 Å². The molecule has 2 aliphatic heterocycles. The molecule has 5 nitrogen and oxygen atoms in total. The molecule has 25 heavy (non-hydrogen) atoms. The number of aliphatic hydroxyl groups is 1. The average Bonchev–Trinajstić information content (AvgIpc) is 3.19. The molecule has 2 fully saturated rings. The molecule has 0 bridgehead atoms. The average molecular weight is 343 g/mol. The molecule has 130 valence electrons. The molecule has 2 aliphatic rings. The Balaban J connectivity index is 1.46. The quantitative estimate of drug-likeness (QED) is 0.891. The highest BCUT2D eigenvalue weighted by atomic mass is 19.1. The molecule has 0 aromatic heterocycles. The Hall–Kier alpha value is -2.28. The molecular weight excluding hydrogens is 325 g/mol. The summed E-state index contributed by atoms with van der Waals surface area (Å²) in [6.45, 7) is 0.532. The van der Waals surface area contributed by atoms with Gasteiger partial charge in [-0.2, -0.15) is 0 Å². The van der Waals surface area contributed by atoms with Gasteiger partial charge in [0.1, 0.15) is 24.1 Å². The van der Waals surface area contributed by atoms with E-state index in [1.54, 1.807) is 42.5 Å². The summed E-state index contributed by atoms with van der Waals surface area (Å²) < 4.78 is 24.8. The molecule has 1 amide bonds. The molecule has 2 aromatic rings. The van der Waals surface area contributed by atoms with Gasteiger partial charge < -0.3 is 19.9 Å². The van der Waals surface area contributed by atoms with Gasteiger partial charge in [-0.05, 0) is 23.8 Å². The minimum Gasteiger partial charge on any atom is -0.388 e. The van der Waals surface area contributed by atoms with Crippen molar-refractivity contribution in [1.29, 1.82) is 0 Å². The number of benzene rings is 2. The summed E-state index contributed by atoms with van der Waals surface area (Å²) in [7, 11) is 0. The summed E-state index contributed by atoms with van der Waals surface area (Å²) in [5.74, 6) is -0.551. The minimum absolute atomic E-state index is 0.221. The van der Waals surface area contributed by atoms with Crippen molar-refractivity contribution in [3.8, 4) is 11.1 Å². The number of aliphatic hydroxyl groups excluding tert-OH is 1. The zero-order valence-electron chi connectivity index (χ0n) is 13.4. The molecule has 0 unspecified atom stereocenters. The number of rotatable bonds is 3. The van der Waals surface area contributed by atoms with Crippen molar-refractivity contribution in [2.75, 3.05) is 13.2 Å². The van der Waals surface area contributed by atoms with Crippen molar-refractivity contribution >= 4 is 5.91 Å². The Bertz CT molecular complexity index is 779. The molecule has 2 aromatic carbocycles. The minimum atomic E-state index is -0.646. The van der Waals surface area contributed by atoms with Crippen LogP contribution in [0.4, 0.5) is 4.39 Å². The van der Waals surface area contributed by atoms with E-state index in [1.165, 1.54) is 6.07 Å². The van der Waals surface area contributed by atoms with Crippen LogP contribution in [0.15, 0.2) is 48.5 Å². The predicted molar refractivity (Wildman–Crippen MR) is 88.6 cm³/mol. The van der Waals surface area contributed by atoms with Crippen LogP contribution in [0.2, 0.25) is 0 Å². The van der Waals surface area contributed by atoms with E-state index >= 15 is 0 Å². The first-order chi connectivity index (χ1) is 12.1. The van der Waals surface area contributed by atoms with E-state index < -0.39 is 6.10 Å². The lowest BCUT2D eigenvalue weighted by atomic mass is 10.0. The van der Waals surface area contributed by atoms with Crippen LogP contribution < -0.4 is 5.32 Å². The molecule has 0 aliphatic carbocycles. The summed E-state index contributed by atoms with van der Waals surface area (Å²) in [6.07, 6.45) is -1.35. The van der Waals surface area contributed by atoms with E-state index in [1.807, 2.05) is 0 Å². The number of amides is 1. The van der Waals surface area contributed by atoms with Crippen molar-refractivity contribution in [3.63, 3.8) is 0 Å². The smallest absolute Gasteiger partial charge is 0.251 e. The lowest BCUT2D eigenvalue weighted by Gasteiger charge is -2.17. The van der Waals surface area contributed by atoms with E-state index in [4.69, 9.17) is 9.47 Å². The van der Waals surface area contributed by atoms with Crippen molar-refractivity contribution in [3.05, 3.63) is 59.9 Å². The number of nitrogens with one attached hydrogen (secondary N) is 1. The van der Waals surface area contributed by atoms with Gasteiger partial charge in [0.2, 0.25) is 0 Å². The molecule has 4 rings (SSSR count). The van der Waals surface area contributed by atoms with Crippen molar-refractivity contribution in [1.82, 2.24) is 5.32 Å². The summed E-state index contributed by atoms with van der Waals surface area (Å²) >= 11 is 0. The largest absolute Gasteiger partial charge is 0.388 e. The van der Waals surface area contributed by atoms with Gasteiger partial charge in [-0.3, -0.25) is 4.79 Å². The maximum absolute atomic E-state index is 13.8. The van der Waals surface area contributed by atoms with E-state index in [2.05, 4.69) is 5.32 Å². The first kappa shape index (κ1) is 16.2. The van der Waals surface area contributed by atoms with Gasteiger partial charge in [0.15, 0.2) is 0 Å². The van der Waals surface area contributed by atoms with Crippen LogP contribution in [0.3, 0.4) is 0 Å². The van der Waals surface area contributed by atoms with Gasteiger partial charge >= 0.3 is 0 Å². The molecule has 0 saturated carbocycles. The maximum Gasteiger partial charge on any atom is 0.251 e. The topological polar surface area (TPSA) is 67.8 Å². The number of hydrogen-bond donors (Lipinski definition) is 2. The van der Waals surface area contributed by atoms with Gasteiger partial charge in [-0.15, -0.1) is 0 Å². The monoisotopic (exact) mass is 343 g/mol. The number of fused-ring (bicyclic) bond motifs is 1. The van der Waals surface area contributed by atoms with Crippen molar-refractivity contribution < 1.29 is 23.8 Å². The highest BCUT2D eigenvalue weighted by Gasteiger charge is 2.47. The van der Waals surface area contributed by atoms with Crippen LogP contribution in [-0.4, -0.2) is 48.6 Å². The fraction of sp³-hybridized carbons (Fsp3) is 0.316. The third-order valence-corrected chi connectivity index (χ3v) is 4.68. The third kappa shape index (κ3) is 3.04. The van der Waals surface area contributed by atoms with E-state index in [-0.39, 0.29) is 36.6 Å². The standard InChI is InChI=1S/C19H18FNO4/c20-14-4-2-1-3-13(14)11-5-7-12(8-6-11)19(23)21-15-9-24-18-16(22)10-25-17(15)18/h1-8,15-18,22H,9-10H2,(H,21,23)/t15-,16-,17-,18-/m1/s1. The fourth-order valence-electron chi connectivity index (χ4n) is 3.35. The summed E-state index contributed by atoms with van der Waals surface area (Å²) in [5, 5.41) is 12.6. The Labute approximate surface area is 144 Å². The first-order valence-electron chi connectivity index (χ1n) is 8.20. The summed E-state index contributed by atoms with van der Waals surface area (Å²) in [5.41, 5.74) is 1.68. The molecule has 0 radical (unpaired) electrons. The molecule has 2 heterocycles. The zero-order chi connectivity index (χ0) is 17.4. The summed E-state index contributed by atoms with van der Waals surface area (Å²) in [4.78, 5) is 12.4. The number of hydrogen-bond acceptors (Lipinski definition) is 4. The molecule has 2 saturated heterocycles. The van der Waals surface area contributed by atoms with Gasteiger partial charge in [-0.25, -0.2) is 4.39 Å². The van der Waals surface area contributed by atoms with Crippen molar-refractivity contribution in [2.24, 2.45) is 0 Å². The second-order valence-corrected chi connectivity index (χ2v) is 6.30. The van der Waals surface area contributed by atoms with Crippen LogP contribution in [-0.2, 0) is 9.47 Å². The lowest BCUT2D eigenvalue weighted by Crippen LogP contribution is -2.44. The molecule has 6 heteroatoms.